The molecular weight excluding hydrogens is 270 g/mol. The van der Waals surface area contributed by atoms with Gasteiger partial charge in [0.15, 0.2) is 0 Å². The molecule has 7 heteroatoms. The van der Waals surface area contributed by atoms with E-state index < -0.39 is 21.6 Å². The molecule has 0 atom stereocenters. The Morgan fingerprint density at radius 2 is 1.84 bits per heavy atom. The molecule has 0 aliphatic carbocycles. The van der Waals surface area contributed by atoms with Gasteiger partial charge in [-0.05, 0) is 38.1 Å². The smallest absolute Gasteiger partial charge is 0.335 e. The lowest BCUT2D eigenvalue weighted by Gasteiger charge is -2.23. The molecule has 0 saturated heterocycles. The number of rotatable bonds is 6. The zero-order valence-electron chi connectivity index (χ0n) is 11.0. The molecule has 0 amide bonds. The third kappa shape index (κ3) is 4.30. The standard InChI is InChI=1S/C12H17NO5S/c1-12(2,18-3)8-13-19(16,17)10-6-4-9(5-7-10)11(14)15/h4-7,13H,8H2,1-3H3,(H,14,15). The van der Waals surface area contributed by atoms with E-state index in [-0.39, 0.29) is 17.0 Å². The third-order valence-electron chi connectivity index (χ3n) is 2.65. The summed E-state index contributed by atoms with van der Waals surface area (Å²) in [6.07, 6.45) is 0. The molecule has 2 N–H and O–H groups in total. The molecule has 19 heavy (non-hydrogen) atoms. The summed E-state index contributed by atoms with van der Waals surface area (Å²) in [4.78, 5) is 10.7. The molecular formula is C12H17NO5S. The van der Waals surface area contributed by atoms with E-state index in [0.717, 1.165) is 0 Å². The maximum atomic E-state index is 12.0. The highest BCUT2D eigenvalue weighted by molar-refractivity contribution is 7.89. The minimum absolute atomic E-state index is 0.0180. The van der Waals surface area contributed by atoms with Crippen molar-refractivity contribution in [3.05, 3.63) is 29.8 Å². The average Bonchev–Trinajstić information content (AvgIpc) is 2.37. The van der Waals surface area contributed by atoms with Crippen molar-refractivity contribution in [2.75, 3.05) is 13.7 Å². The lowest BCUT2D eigenvalue weighted by molar-refractivity contribution is 0.0276. The molecule has 1 aromatic rings. The number of carboxylic acids is 1. The number of ether oxygens (including phenoxy) is 1. The van der Waals surface area contributed by atoms with Crippen LogP contribution in [0, 0.1) is 0 Å². The summed E-state index contributed by atoms with van der Waals surface area (Å²) in [5.74, 6) is -1.10. The lowest BCUT2D eigenvalue weighted by atomic mass is 10.1. The molecule has 6 nitrogen and oxygen atoms in total. The fourth-order valence-corrected chi connectivity index (χ4v) is 2.40. The highest BCUT2D eigenvalue weighted by Crippen LogP contribution is 2.12. The summed E-state index contributed by atoms with van der Waals surface area (Å²) in [5.41, 5.74) is -0.579. The van der Waals surface area contributed by atoms with Crippen LogP contribution in [0.25, 0.3) is 0 Å². The number of hydrogen-bond donors (Lipinski definition) is 2. The zero-order valence-corrected chi connectivity index (χ0v) is 11.8. The van der Waals surface area contributed by atoms with Crippen LogP contribution >= 0.6 is 0 Å². The van der Waals surface area contributed by atoms with E-state index in [9.17, 15) is 13.2 Å². The quantitative estimate of drug-likeness (QED) is 0.817. The molecule has 106 valence electrons. The first-order valence-corrected chi connectivity index (χ1v) is 7.04. The van der Waals surface area contributed by atoms with Gasteiger partial charge in [-0.3, -0.25) is 0 Å². The van der Waals surface area contributed by atoms with Gasteiger partial charge in [-0.15, -0.1) is 0 Å². The second-order valence-corrected chi connectivity index (χ2v) is 6.38. The third-order valence-corrected chi connectivity index (χ3v) is 4.07. The van der Waals surface area contributed by atoms with Gasteiger partial charge in [0, 0.05) is 13.7 Å². The van der Waals surface area contributed by atoms with Crippen LogP contribution in [-0.2, 0) is 14.8 Å². The predicted molar refractivity (Wildman–Crippen MR) is 69.7 cm³/mol. The van der Waals surface area contributed by atoms with Crippen molar-refractivity contribution in [2.24, 2.45) is 0 Å². The summed E-state index contributed by atoms with van der Waals surface area (Å²) in [7, 11) is -2.17. The van der Waals surface area contributed by atoms with E-state index in [0.29, 0.717) is 0 Å². The van der Waals surface area contributed by atoms with Crippen molar-refractivity contribution < 1.29 is 23.1 Å². The van der Waals surface area contributed by atoms with Crippen LogP contribution < -0.4 is 4.72 Å². The molecule has 0 aliphatic rings. The van der Waals surface area contributed by atoms with Crippen LogP contribution in [0.3, 0.4) is 0 Å². The Kier molecular flexibility index (Phi) is 4.67. The second kappa shape index (κ2) is 5.68. The molecule has 0 radical (unpaired) electrons. The number of nitrogens with one attached hydrogen (secondary N) is 1. The van der Waals surface area contributed by atoms with E-state index in [4.69, 9.17) is 9.84 Å². The Morgan fingerprint density at radius 1 is 1.32 bits per heavy atom. The van der Waals surface area contributed by atoms with E-state index in [2.05, 4.69) is 4.72 Å². The lowest BCUT2D eigenvalue weighted by Crippen LogP contribution is -2.39. The minimum atomic E-state index is -3.67. The van der Waals surface area contributed by atoms with Crippen LogP contribution in [0.4, 0.5) is 0 Å². The maximum absolute atomic E-state index is 12.0. The number of carbonyl (C=O) groups is 1. The molecule has 0 fully saturated rings. The van der Waals surface area contributed by atoms with Crippen molar-refractivity contribution in [3.63, 3.8) is 0 Å². The van der Waals surface area contributed by atoms with Gasteiger partial charge >= 0.3 is 5.97 Å². The van der Waals surface area contributed by atoms with Crippen molar-refractivity contribution in [2.45, 2.75) is 24.3 Å². The van der Waals surface area contributed by atoms with Gasteiger partial charge in [0.05, 0.1) is 16.1 Å². The van der Waals surface area contributed by atoms with Crippen molar-refractivity contribution in [1.82, 2.24) is 4.72 Å². The molecule has 0 saturated carbocycles. The second-order valence-electron chi connectivity index (χ2n) is 4.62. The Hall–Kier alpha value is -1.44. The minimum Gasteiger partial charge on any atom is -0.478 e. The van der Waals surface area contributed by atoms with Crippen LogP contribution in [0.2, 0.25) is 0 Å². The van der Waals surface area contributed by atoms with E-state index in [1.54, 1.807) is 13.8 Å². The summed E-state index contributed by atoms with van der Waals surface area (Å²) in [6, 6.07) is 5.01. The maximum Gasteiger partial charge on any atom is 0.335 e. The van der Waals surface area contributed by atoms with E-state index in [1.165, 1.54) is 31.4 Å². The molecule has 0 bridgehead atoms. The highest BCUT2D eigenvalue weighted by Gasteiger charge is 2.21. The molecule has 0 aliphatic heterocycles. The fourth-order valence-electron chi connectivity index (χ4n) is 1.20. The molecule has 1 aromatic carbocycles. The summed E-state index contributed by atoms with van der Waals surface area (Å²) in [6.45, 7) is 3.62. The normalized spacial score (nSPS) is 12.4. The van der Waals surface area contributed by atoms with Gasteiger partial charge in [-0.1, -0.05) is 0 Å². The summed E-state index contributed by atoms with van der Waals surface area (Å²) >= 11 is 0. The van der Waals surface area contributed by atoms with E-state index >= 15 is 0 Å². The van der Waals surface area contributed by atoms with Gasteiger partial charge in [-0.25, -0.2) is 17.9 Å². The highest BCUT2D eigenvalue weighted by atomic mass is 32.2. The molecule has 0 aromatic heterocycles. The van der Waals surface area contributed by atoms with Gasteiger partial charge in [0.2, 0.25) is 10.0 Å². The number of hydrogen-bond acceptors (Lipinski definition) is 4. The summed E-state index contributed by atoms with van der Waals surface area (Å²) < 4.78 is 31.5. The number of sulfonamides is 1. The zero-order chi connectivity index (χ0) is 14.7. The van der Waals surface area contributed by atoms with Crippen molar-refractivity contribution >= 4 is 16.0 Å². The van der Waals surface area contributed by atoms with Gasteiger partial charge in [-0.2, -0.15) is 0 Å². The average molecular weight is 287 g/mol. The summed E-state index contributed by atoms with van der Waals surface area (Å²) in [5, 5.41) is 8.74. The van der Waals surface area contributed by atoms with Crippen LogP contribution in [0.15, 0.2) is 29.2 Å². The number of carboxylic acid groups (broad SMARTS) is 1. The first-order chi connectivity index (χ1) is 8.68. The molecule has 1 rings (SSSR count). The Labute approximate surface area is 112 Å². The predicted octanol–water partition coefficient (Wildman–Crippen LogP) is 1.09. The van der Waals surface area contributed by atoms with Crippen LogP contribution in [-0.4, -0.2) is 38.7 Å². The number of aromatic carboxylic acids is 1. The Bertz CT molecular complexity index is 548. The number of benzene rings is 1. The number of methoxy groups -OCH3 is 1. The van der Waals surface area contributed by atoms with Crippen LogP contribution in [0.5, 0.6) is 0 Å². The monoisotopic (exact) mass is 287 g/mol. The molecule has 0 heterocycles. The molecule has 0 spiro atoms. The van der Waals surface area contributed by atoms with E-state index in [1.807, 2.05) is 0 Å². The van der Waals surface area contributed by atoms with Crippen molar-refractivity contribution in [1.29, 1.82) is 0 Å². The Balaban J connectivity index is 2.86. The first kappa shape index (κ1) is 15.6. The van der Waals surface area contributed by atoms with Crippen LogP contribution in [0.1, 0.15) is 24.2 Å². The largest absolute Gasteiger partial charge is 0.478 e. The molecule has 0 unspecified atom stereocenters. The van der Waals surface area contributed by atoms with Crippen molar-refractivity contribution in [3.8, 4) is 0 Å². The Morgan fingerprint density at radius 3 is 2.26 bits per heavy atom. The van der Waals surface area contributed by atoms with Gasteiger partial charge in [0.25, 0.3) is 0 Å². The SMILES string of the molecule is COC(C)(C)CNS(=O)(=O)c1ccc(C(=O)O)cc1. The van der Waals surface area contributed by atoms with Gasteiger partial charge in [0.1, 0.15) is 0 Å². The topological polar surface area (TPSA) is 92.7 Å². The van der Waals surface area contributed by atoms with Gasteiger partial charge < -0.3 is 9.84 Å². The first-order valence-electron chi connectivity index (χ1n) is 5.56. The fraction of sp³-hybridized carbons (Fsp3) is 0.417.